The van der Waals surface area contributed by atoms with Crippen molar-refractivity contribution in [3.63, 3.8) is 0 Å². The van der Waals surface area contributed by atoms with Crippen LogP contribution < -0.4 is 5.32 Å². The largest absolute Gasteiger partial charge is 0.481 e. The fraction of sp³-hybridized carbons (Fsp3) is 0.308. The Hall–Kier alpha value is -2.06. The van der Waals surface area contributed by atoms with Gasteiger partial charge in [0.2, 0.25) is 5.91 Å². The van der Waals surface area contributed by atoms with E-state index >= 15 is 0 Å². The van der Waals surface area contributed by atoms with Crippen molar-refractivity contribution in [3.05, 3.63) is 28.8 Å². The van der Waals surface area contributed by atoms with Crippen LogP contribution in [0.4, 0.5) is 5.69 Å². The molecule has 0 radical (unpaired) electrons. The van der Waals surface area contributed by atoms with Gasteiger partial charge in [0.1, 0.15) is 6.07 Å². The van der Waals surface area contributed by atoms with Crippen molar-refractivity contribution in [3.8, 4) is 6.07 Å². The second-order valence-corrected chi connectivity index (χ2v) is 4.83. The van der Waals surface area contributed by atoms with Gasteiger partial charge < -0.3 is 10.4 Å². The molecule has 0 aliphatic heterocycles. The lowest BCUT2D eigenvalue weighted by Crippen LogP contribution is -2.41. The summed E-state index contributed by atoms with van der Waals surface area (Å²) in [5.41, 5.74) is 0.789. The van der Waals surface area contributed by atoms with Gasteiger partial charge in [0.25, 0.3) is 0 Å². The molecule has 0 spiro atoms. The van der Waals surface area contributed by atoms with E-state index < -0.39 is 17.8 Å². The minimum Gasteiger partial charge on any atom is -0.481 e. The predicted molar refractivity (Wildman–Crippen MR) is 68.6 cm³/mol. The van der Waals surface area contributed by atoms with Crippen molar-refractivity contribution >= 4 is 29.2 Å². The molecule has 2 rings (SSSR count). The average Bonchev–Trinajstić information content (AvgIpc) is 2.26. The molecular formula is C13H11ClN2O3. The summed E-state index contributed by atoms with van der Waals surface area (Å²) in [5, 5.41) is 20.5. The third-order valence-electron chi connectivity index (χ3n) is 3.29. The van der Waals surface area contributed by atoms with Gasteiger partial charge in [-0.05, 0) is 31.0 Å². The number of rotatable bonds is 3. The zero-order valence-electron chi connectivity index (χ0n) is 9.89. The zero-order valence-corrected chi connectivity index (χ0v) is 10.6. The van der Waals surface area contributed by atoms with Crippen LogP contribution in [0.5, 0.6) is 0 Å². The molecule has 2 atom stereocenters. The maximum Gasteiger partial charge on any atom is 0.307 e. The van der Waals surface area contributed by atoms with Gasteiger partial charge in [-0.3, -0.25) is 9.59 Å². The molecule has 0 heterocycles. The Kier molecular flexibility index (Phi) is 3.72. The third kappa shape index (κ3) is 2.69. The number of amides is 1. The summed E-state index contributed by atoms with van der Waals surface area (Å²) < 4.78 is 0. The number of aliphatic carboxylic acids is 1. The Balaban J connectivity index is 2.06. The molecule has 1 aromatic carbocycles. The van der Waals surface area contributed by atoms with E-state index in [9.17, 15) is 9.59 Å². The van der Waals surface area contributed by atoms with Gasteiger partial charge in [-0.1, -0.05) is 11.6 Å². The summed E-state index contributed by atoms with van der Waals surface area (Å²) in [6.07, 6.45) is 1.11. The van der Waals surface area contributed by atoms with Gasteiger partial charge >= 0.3 is 5.97 Å². The van der Waals surface area contributed by atoms with Crippen molar-refractivity contribution < 1.29 is 14.7 Å². The summed E-state index contributed by atoms with van der Waals surface area (Å²) in [6.45, 7) is 0. The fourth-order valence-corrected chi connectivity index (χ4v) is 2.25. The zero-order chi connectivity index (χ0) is 14.0. The number of nitriles is 1. The number of hydrogen-bond donors (Lipinski definition) is 2. The van der Waals surface area contributed by atoms with Gasteiger partial charge in [0.15, 0.2) is 0 Å². The van der Waals surface area contributed by atoms with Gasteiger partial charge in [-0.25, -0.2) is 0 Å². The molecule has 1 amide bonds. The monoisotopic (exact) mass is 278 g/mol. The van der Waals surface area contributed by atoms with Crippen molar-refractivity contribution in [2.75, 3.05) is 5.32 Å². The van der Waals surface area contributed by atoms with Crippen molar-refractivity contribution in [1.29, 1.82) is 5.26 Å². The second-order valence-electron chi connectivity index (χ2n) is 4.42. The van der Waals surface area contributed by atoms with E-state index in [1.165, 1.54) is 12.1 Å². The molecule has 0 bridgehead atoms. The minimum atomic E-state index is -0.940. The number of anilines is 1. The van der Waals surface area contributed by atoms with E-state index in [1.807, 2.05) is 6.07 Å². The molecule has 19 heavy (non-hydrogen) atoms. The van der Waals surface area contributed by atoms with Crippen molar-refractivity contribution in [2.24, 2.45) is 11.8 Å². The Labute approximate surface area is 114 Å². The highest BCUT2D eigenvalue weighted by molar-refractivity contribution is 6.32. The minimum absolute atomic E-state index is 0.253. The molecule has 1 aliphatic rings. The third-order valence-corrected chi connectivity index (χ3v) is 3.60. The van der Waals surface area contributed by atoms with Gasteiger partial charge in [-0.15, -0.1) is 0 Å². The summed E-state index contributed by atoms with van der Waals surface area (Å²) in [6, 6.07) is 6.47. The van der Waals surface area contributed by atoms with Gasteiger partial charge in [-0.2, -0.15) is 5.26 Å². The molecule has 1 fully saturated rings. The number of benzene rings is 1. The van der Waals surface area contributed by atoms with Gasteiger partial charge in [0, 0.05) is 5.69 Å². The van der Waals surface area contributed by atoms with Crippen LogP contribution in [0.25, 0.3) is 0 Å². The van der Waals surface area contributed by atoms with E-state index in [1.54, 1.807) is 6.07 Å². The van der Waals surface area contributed by atoms with Gasteiger partial charge in [0.05, 0.1) is 22.4 Å². The van der Waals surface area contributed by atoms with Crippen LogP contribution in [-0.2, 0) is 9.59 Å². The van der Waals surface area contributed by atoms with Crippen LogP contribution in [-0.4, -0.2) is 17.0 Å². The standard InChI is InChI=1S/C13H11ClN2O3/c14-11-5-8(2-1-7(11)6-15)16-12(17)9-3-4-10(9)13(18)19/h1-2,5,9-10H,3-4H2,(H,16,17)(H,18,19)/t9-,10-/m1/s1. The van der Waals surface area contributed by atoms with Crippen LogP contribution >= 0.6 is 11.6 Å². The first-order valence-electron chi connectivity index (χ1n) is 5.76. The lowest BCUT2D eigenvalue weighted by molar-refractivity contribution is -0.151. The molecule has 1 aliphatic carbocycles. The Morgan fingerprint density at radius 3 is 2.53 bits per heavy atom. The van der Waals surface area contributed by atoms with Crippen molar-refractivity contribution in [1.82, 2.24) is 0 Å². The molecule has 98 valence electrons. The summed E-state index contributed by atoms with van der Waals surface area (Å²) in [4.78, 5) is 22.7. The quantitative estimate of drug-likeness (QED) is 0.887. The maximum atomic E-state index is 11.9. The van der Waals surface area contributed by atoms with Crippen LogP contribution in [0.2, 0.25) is 5.02 Å². The average molecular weight is 279 g/mol. The van der Waals surface area contributed by atoms with Crippen LogP contribution in [0.15, 0.2) is 18.2 Å². The topological polar surface area (TPSA) is 90.2 Å². The first-order chi connectivity index (χ1) is 9.02. The van der Waals surface area contributed by atoms with Crippen molar-refractivity contribution in [2.45, 2.75) is 12.8 Å². The summed E-state index contributed by atoms with van der Waals surface area (Å²) in [5.74, 6) is -2.36. The molecule has 2 N–H and O–H groups in total. The molecule has 6 heteroatoms. The Morgan fingerprint density at radius 2 is 2.05 bits per heavy atom. The van der Waals surface area contributed by atoms with Crippen LogP contribution in [0.1, 0.15) is 18.4 Å². The van der Waals surface area contributed by atoms with E-state index in [4.69, 9.17) is 22.0 Å². The number of carbonyl (C=O) groups is 2. The van der Waals surface area contributed by atoms with Crippen LogP contribution in [0, 0.1) is 23.2 Å². The Morgan fingerprint density at radius 1 is 1.37 bits per heavy atom. The first-order valence-corrected chi connectivity index (χ1v) is 6.14. The first kappa shape index (κ1) is 13.4. The van der Waals surface area contributed by atoms with Crippen LogP contribution in [0.3, 0.4) is 0 Å². The number of nitrogens with one attached hydrogen (secondary N) is 1. The molecule has 0 unspecified atom stereocenters. The van der Waals surface area contributed by atoms with E-state index in [2.05, 4.69) is 5.32 Å². The van der Waals surface area contributed by atoms with E-state index in [0.29, 0.717) is 24.1 Å². The fourth-order valence-electron chi connectivity index (χ4n) is 2.03. The summed E-state index contributed by atoms with van der Waals surface area (Å²) in [7, 11) is 0. The molecule has 5 nitrogen and oxygen atoms in total. The SMILES string of the molecule is N#Cc1ccc(NC(=O)[C@@H]2CC[C@H]2C(=O)O)cc1Cl. The second kappa shape index (κ2) is 5.29. The predicted octanol–water partition coefficient (Wildman–Crippen LogP) is 2.26. The number of carboxylic acid groups (broad SMARTS) is 1. The molecule has 1 aromatic rings. The Bertz CT molecular complexity index is 580. The molecule has 1 saturated carbocycles. The molecule has 0 aromatic heterocycles. The number of carboxylic acids is 1. The lowest BCUT2D eigenvalue weighted by Gasteiger charge is -2.31. The normalized spacial score (nSPS) is 21.1. The number of nitrogens with zero attached hydrogens (tertiary/aromatic N) is 1. The molecule has 0 saturated heterocycles. The summed E-state index contributed by atoms with van der Waals surface area (Å²) >= 11 is 5.85. The number of hydrogen-bond acceptors (Lipinski definition) is 3. The van der Waals surface area contributed by atoms with E-state index in [-0.39, 0.29) is 10.9 Å². The van der Waals surface area contributed by atoms with E-state index in [0.717, 1.165) is 0 Å². The highest BCUT2D eigenvalue weighted by Crippen LogP contribution is 2.35. The maximum absolute atomic E-state index is 11.9. The molecular weight excluding hydrogens is 268 g/mol. The number of halogens is 1. The highest BCUT2D eigenvalue weighted by Gasteiger charge is 2.41. The number of carbonyl (C=O) groups excluding carboxylic acids is 1. The lowest BCUT2D eigenvalue weighted by atomic mass is 9.73. The smallest absolute Gasteiger partial charge is 0.307 e. The highest BCUT2D eigenvalue weighted by atomic mass is 35.5.